The average Bonchev–Trinajstić information content (AvgIpc) is 3.02. The minimum atomic E-state index is -0.409. The van der Waals surface area contributed by atoms with Gasteiger partial charge in [0.05, 0.1) is 12.3 Å². The van der Waals surface area contributed by atoms with Crippen molar-refractivity contribution >= 4 is 5.97 Å². The van der Waals surface area contributed by atoms with E-state index >= 15 is 0 Å². The maximum absolute atomic E-state index is 11.9. The first-order valence-corrected chi connectivity index (χ1v) is 7.12. The van der Waals surface area contributed by atoms with Gasteiger partial charge in [-0.25, -0.2) is 9.48 Å². The van der Waals surface area contributed by atoms with Gasteiger partial charge in [-0.05, 0) is 18.9 Å². The summed E-state index contributed by atoms with van der Waals surface area (Å²) < 4.78 is 8.65. The summed E-state index contributed by atoms with van der Waals surface area (Å²) >= 11 is 0. The smallest absolute Gasteiger partial charge is 0.360 e. The lowest BCUT2D eigenvalue weighted by Gasteiger charge is -2.10. The van der Waals surface area contributed by atoms with Crippen molar-refractivity contribution in [2.45, 2.75) is 39.7 Å². The fourth-order valence-electron chi connectivity index (χ4n) is 2.27. The van der Waals surface area contributed by atoms with Crippen LogP contribution in [0.4, 0.5) is 0 Å². The number of esters is 1. The molecule has 0 saturated heterocycles. The van der Waals surface area contributed by atoms with Crippen molar-refractivity contribution in [3.05, 3.63) is 29.3 Å². The maximum Gasteiger partial charge on any atom is 0.360 e. The maximum atomic E-state index is 11.9. The molecule has 2 heterocycles. The zero-order valence-corrected chi connectivity index (χ0v) is 12.9. The van der Waals surface area contributed by atoms with Crippen LogP contribution < -0.4 is 0 Å². The van der Waals surface area contributed by atoms with Gasteiger partial charge in [-0.2, -0.15) is 5.10 Å². The van der Waals surface area contributed by atoms with Crippen molar-refractivity contribution in [1.82, 2.24) is 24.8 Å². The van der Waals surface area contributed by atoms with Gasteiger partial charge >= 0.3 is 5.97 Å². The second-order valence-electron chi connectivity index (χ2n) is 5.12. The monoisotopic (exact) mass is 291 g/mol. The zero-order valence-electron chi connectivity index (χ0n) is 12.9. The lowest BCUT2D eigenvalue weighted by Crippen LogP contribution is -2.14. The van der Waals surface area contributed by atoms with E-state index in [-0.39, 0.29) is 5.92 Å². The molecule has 0 aromatic carbocycles. The summed E-state index contributed by atoms with van der Waals surface area (Å²) in [7, 11) is 1.91. The molecule has 0 atom stereocenters. The predicted octanol–water partition coefficient (Wildman–Crippen LogP) is 1.55. The number of nitrogens with zero attached hydrogens (tertiary/aromatic N) is 5. The third-order valence-electron chi connectivity index (χ3n) is 3.29. The van der Waals surface area contributed by atoms with Crippen LogP contribution >= 0.6 is 0 Å². The van der Waals surface area contributed by atoms with Crippen LogP contribution in [0.1, 0.15) is 48.6 Å². The quantitative estimate of drug-likeness (QED) is 0.755. The fraction of sp³-hybridized carbons (Fsp3) is 0.571. The molecule has 21 heavy (non-hydrogen) atoms. The Hall–Kier alpha value is -2.18. The molecular weight excluding hydrogens is 270 g/mol. The Bertz CT molecular complexity index is 615. The SMILES string of the molecule is CCOC(=O)c1nnn(CCc2ccnn2C)c1C(C)C. The highest BCUT2D eigenvalue weighted by Gasteiger charge is 2.23. The Kier molecular flexibility index (Phi) is 4.72. The summed E-state index contributed by atoms with van der Waals surface area (Å²) in [5.41, 5.74) is 2.24. The number of ether oxygens (including phenoxy) is 1. The third-order valence-corrected chi connectivity index (χ3v) is 3.29. The first-order valence-electron chi connectivity index (χ1n) is 7.12. The second kappa shape index (κ2) is 6.51. The molecular formula is C14H21N5O2. The molecule has 0 radical (unpaired) electrons. The molecule has 7 nitrogen and oxygen atoms in total. The van der Waals surface area contributed by atoms with Gasteiger partial charge in [-0.15, -0.1) is 5.10 Å². The lowest BCUT2D eigenvalue weighted by atomic mass is 10.1. The molecule has 0 unspecified atom stereocenters. The lowest BCUT2D eigenvalue weighted by molar-refractivity contribution is 0.0517. The van der Waals surface area contributed by atoms with Gasteiger partial charge in [0, 0.05) is 31.9 Å². The molecule has 0 aliphatic rings. The molecule has 0 bridgehead atoms. The van der Waals surface area contributed by atoms with E-state index in [1.54, 1.807) is 17.8 Å². The van der Waals surface area contributed by atoms with E-state index in [9.17, 15) is 4.79 Å². The highest BCUT2D eigenvalue weighted by molar-refractivity contribution is 5.88. The van der Waals surface area contributed by atoms with Crippen LogP contribution in [0.15, 0.2) is 12.3 Å². The highest BCUT2D eigenvalue weighted by atomic mass is 16.5. The second-order valence-corrected chi connectivity index (χ2v) is 5.12. The fourth-order valence-corrected chi connectivity index (χ4v) is 2.27. The van der Waals surface area contributed by atoms with Gasteiger partial charge in [0.2, 0.25) is 0 Å². The summed E-state index contributed by atoms with van der Waals surface area (Å²) in [6, 6.07) is 1.97. The van der Waals surface area contributed by atoms with E-state index in [4.69, 9.17) is 4.74 Å². The van der Waals surface area contributed by atoms with Gasteiger partial charge in [0.25, 0.3) is 0 Å². The molecule has 0 amide bonds. The molecule has 0 aliphatic carbocycles. The van der Waals surface area contributed by atoms with Gasteiger partial charge < -0.3 is 4.74 Å². The summed E-state index contributed by atoms with van der Waals surface area (Å²) in [5, 5.41) is 12.2. The Balaban J connectivity index is 2.19. The summed E-state index contributed by atoms with van der Waals surface area (Å²) in [5.74, 6) is -0.265. The standard InChI is InChI=1S/C14H21N5O2/c1-5-21-14(20)12-13(10(2)3)19(17-16-12)9-7-11-6-8-15-18(11)4/h6,8,10H,5,7,9H2,1-4H3. The largest absolute Gasteiger partial charge is 0.461 e. The molecule has 7 heteroatoms. The number of aryl methyl sites for hydroxylation is 3. The molecule has 2 aromatic heterocycles. The number of carbonyl (C=O) groups excluding carboxylic acids is 1. The van der Waals surface area contributed by atoms with Crippen LogP contribution in [0.2, 0.25) is 0 Å². The van der Waals surface area contributed by atoms with Crippen LogP contribution in [-0.4, -0.2) is 37.4 Å². The van der Waals surface area contributed by atoms with Crippen molar-refractivity contribution in [1.29, 1.82) is 0 Å². The van der Waals surface area contributed by atoms with Crippen molar-refractivity contribution in [2.75, 3.05) is 6.61 Å². The van der Waals surface area contributed by atoms with E-state index < -0.39 is 5.97 Å². The van der Waals surface area contributed by atoms with E-state index in [0.717, 1.165) is 17.8 Å². The number of carbonyl (C=O) groups is 1. The van der Waals surface area contributed by atoms with Gasteiger partial charge in [0.1, 0.15) is 0 Å². The average molecular weight is 291 g/mol. The Morgan fingerprint density at radius 1 is 1.43 bits per heavy atom. The molecule has 0 aliphatic heterocycles. The molecule has 0 spiro atoms. The number of aromatic nitrogens is 5. The molecule has 114 valence electrons. The Morgan fingerprint density at radius 3 is 2.76 bits per heavy atom. The van der Waals surface area contributed by atoms with Crippen LogP contribution in [-0.2, 0) is 24.8 Å². The highest BCUT2D eigenvalue weighted by Crippen LogP contribution is 2.19. The number of hydrogen-bond acceptors (Lipinski definition) is 5. The minimum Gasteiger partial charge on any atom is -0.461 e. The number of hydrogen-bond donors (Lipinski definition) is 0. The van der Waals surface area contributed by atoms with Gasteiger partial charge in [0.15, 0.2) is 5.69 Å². The number of rotatable bonds is 6. The molecule has 0 N–H and O–H groups in total. The molecule has 2 aromatic rings. The topological polar surface area (TPSA) is 74.8 Å². The van der Waals surface area contributed by atoms with Crippen LogP contribution in [0, 0.1) is 0 Å². The summed E-state index contributed by atoms with van der Waals surface area (Å²) in [4.78, 5) is 11.9. The van der Waals surface area contributed by atoms with E-state index in [0.29, 0.717) is 18.8 Å². The van der Waals surface area contributed by atoms with Crippen molar-refractivity contribution in [3.8, 4) is 0 Å². The minimum absolute atomic E-state index is 0.144. The van der Waals surface area contributed by atoms with Gasteiger partial charge in [-0.3, -0.25) is 4.68 Å². The van der Waals surface area contributed by atoms with Crippen LogP contribution in [0.25, 0.3) is 0 Å². The Labute approximate surface area is 123 Å². The van der Waals surface area contributed by atoms with Crippen molar-refractivity contribution in [3.63, 3.8) is 0 Å². The first-order chi connectivity index (χ1) is 10.0. The van der Waals surface area contributed by atoms with E-state index in [1.807, 2.05) is 31.6 Å². The van der Waals surface area contributed by atoms with Gasteiger partial charge in [-0.1, -0.05) is 19.1 Å². The molecule has 2 rings (SSSR count). The van der Waals surface area contributed by atoms with Crippen molar-refractivity contribution < 1.29 is 9.53 Å². The predicted molar refractivity (Wildman–Crippen MR) is 77.0 cm³/mol. The third kappa shape index (κ3) is 3.29. The van der Waals surface area contributed by atoms with E-state index in [2.05, 4.69) is 15.4 Å². The summed E-state index contributed by atoms with van der Waals surface area (Å²) in [6.07, 6.45) is 2.55. The zero-order chi connectivity index (χ0) is 15.4. The van der Waals surface area contributed by atoms with E-state index in [1.165, 1.54) is 0 Å². The first kappa shape index (κ1) is 15.2. The van der Waals surface area contributed by atoms with Crippen LogP contribution in [0.3, 0.4) is 0 Å². The van der Waals surface area contributed by atoms with Crippen LogP contribution in [0.5, 0.6) is 0 Å². The van der Waals surface area contributed by atoms with Crippen molar-refractivity contribution in [2.24, 2.45) is 7.05 Å². The normalized spacial score (nSPS) is 11.1. The molecule has 0 saturated carbocycles. The Morgan fingerprint density at radius 2 is 2.19 bits per heavy atom. The molecule has 0 fully saturated rings. The summed E-state index contributed by atoms with van der Waals surface area (Å²) in [6.45, 7) is 6.79.